The van der Waals surface area contributed by atoms with E-state index in [-0.39, 0.29) is 5.91 Å². The van der Waals surface area contributed by atoms with E-state index in [1.807, 2.05) is 68.4 Å². The lowest BCUT2D eigenvalue weighted by Gasteiger charge is -2.15. The molecular formula is C24H22ClIN2O3. The zero-order valence-electron chi connectivity index (χ0n) is 17.2. The number of amides is 1. The quantitative estimate of drug-likeness (QED) is 0.214. The van der Waals surface area contributed by atoms with Crippen LogP contribution in [-0.4, -0.2) is 18.7 Å². The van der Waals surface area contributed by atoms with Crippen LogP contribution in [-0.2, 0) is 6.61 Å². The summed E-state index contributed by atoms with van der Waals surface area (Å²) in [5.41, 5.74) is 5.93. The van der Waals surface area contributed by atoms with Crippen molar-refractivity contribution in [2.24, 2.45) is 5.10 Å². The maximum Gasteiger partial charge on any atom is 0.271 e. The molecule has 0 aliphatic heterocycles. The zero-order chi connectivity index (χ0) is 22.2. The number of hydrogen-bond acceptors (Lipinski definition) is 4. The molecule has 5 nitrogen and oxygen atoms in total. The first-order chi connectivity index (χ1) is 15.0. The Morgan fingerprint density at radius 2 is 1.90 bits per heavy atom. The third-order valence-corrected chi connectivity index (χ3v) is 5.34. The Hall–Kier alpha value is -2.58. The minimum atomic E-state index is -0.261. The van der Waals surface area contributed by atoms with Crippen LogP contribution in [0.5, 0.6) is 11.5 Å². The number of carbonyl (C=O) groups is 1. The summed E-state index contributed by atoms with van der Waals surface area (Å²) >= 11 is 8.14. The highest BCUT2D eigenvalue weighted by molar-refractivity contribution is 14.1. The average Bonchev–Trinajstić information content (AvgIpc) is 2.74. The Kier molecular flexibility index (Phi) is 8.31. The fourth-order valence-electron chi connectivity index (χ4n) is 2.82. The number of hydrogen-bond donors (Lipinski definition) is 1. The largest absolute Gasteiger partial charge is 0.490 e. The fraction of sp³-hybridized carbons (Fsp3) is 0.167. The van der Waals surface area contributed by atoms with Gasteiger partial charge in [0.15, 0.2) is 11.5 Å². The molecule has 31 heavy (non-hydrogen) atoms. The van der Waals surface area contributed by atoms with Crippen LogP contribution in [0.25, 0.3) is 0 Å². The number of halogens is 2. The molecule has 0 fully saturated rings. The van der Waals surface area contributed by atoms with Crippen molar-refractivity contribution in [1.82, 2.24) is 5.43 Å². The number of nitrogens with one attached hydrogen (secondary N) is 1. The standard InChI is InChI=1S/C24H22ClIN2O3/c1-3-30-22-13-18(14-27-28-24(29)19-6-4-5-16(2)11-19)12-21(26)23(22)31-15-17-7-9-20(25)10-8-17/h4-14H,3,15H2,1-2H3,(H,28,29)/b27-14+. The smallest absolute Gasteiger partial charge is 0.271 e. The molecule has 0 heterocycles. The molecule has 1 amide bonds. The lowest BCUT2D eigenvalue weighted by Crippen LogP contribution is -2.17. The Morgan fingerprint density at radius 1 is 1.13 bits per heavy atom. The van der Waals surface area contributed by atoms with E-state index in [1.165, 1.54) is 0 Å². The molecule has 0 saturated heterocycles. The first-order valence-corrected chi connectivity index (χ1v) is 11.2. The van der Waals surface area contributed by atoms with Crippen molar-refractivity contribution in [3.05, 3.63) is 91.5 Å². The van der Waals surface area contributed by atoms with Crippen LogP contribution >= 0.6 is 34.2 Å². The SMILES string of the molecule is CCOc1cc(/C=N/NC(=O)c2cccc(C)c2)cc(I)c1OCc1ccc(Cl)cc1. The van der Waals surface area contributed by atoms with E-state index >= 15 is 0 Å². The van der Waals surface area contributed by atoms with Crippen molar-refractivity contribution in [1.29, 1.82) is 0 Å². The first-order valence-electron chi connectivity index (χ1n) is 9.70. The van der Waals surface area contributed by atoms with Gasteiger partial charge < -0.3 is 9.47 Å². The highest BCUT2D eigenvalue weighted by atomic mass is 127. The third kappa shape index (κ3) is 6.70. The number of aryl methyl sites for hydroxylation is 1. The molecule has 0 saturated carbocycles. The van der Waals surface area contributed by atoms with Gasteiger partial charge in [0.25, 0.3) is 5.91 Å². The number of carbonyl (C=O) groups excluding carboxylic acids is 1. The Balaban J connectivity index is 1.72. The molecule has 0 radical (unpaired) electrons. The molecule has 1 N–H and O–H groups in total. The number of benzene rings is 3. The molecule has 7 heteroatoms. The maximum atomic E-state index is 12.2. The summed E-state index contributed by atoms with van der Waals surface area (Å²) in [6.07, 6.45) is 1.58. The van der Waals surface area contributed by atoms with Crippen LogP contribution in [0, 0.1) is 10.5 Å². The monoisotopic (exact) mass is 548 g/mol. The molecule has 0 aliphatic rings. The second-order valence-corrected chi connectivity index (χ2v) is 8.35. The van der Waals surface area contributed by atoms with Crippen LogP contribution < -0.4 is 14.9 Å². The van der Waals surface area contributed by atoms with E-state index in [0.29, 0.717) is 35.3 Å². The van der Waals surface area contributed by atoms with Crippen molar-refractivity contribution < 1.29 is 14.3 Å². The van der Waals surface area contributed by atoms with Gasteiger partial charge in [0.2, 0.25) is 0 Å². The van der Waals surface area contributed by atoms with Crippen LogP contribution in [0.3, 0.4) is 0 Å². The lowest BCUT2D eigenvalue weighted by molar-refractivity contribution is 0.0955. The van der Waals surface area contributed by atoms with Gasteiger partial charge in [0, 0.05) is 10.6 Å². The van der Waals surface area contributed by atoms with E-state index in [9.17, 15) is 4.79 Å². The molecule has 0 atom stereocenters. The van der Waals surface area contributed by atoms with Gasteiger partial charge in [0.05, 0.1) is 16.4 Å². The van der Waals surface area contributed by atoms with Gasteiger partial charge in [-0.25, -0.2) is 5.43 Å². The second kappa shape index (κ2) is 11.2. The summed E-state index contributed by atoms with van der Waals surface area (Å²) in [5, 5.41) is 4.77. The molecule has 0 bridgehead atoms. The molecule has 0 unspecified atom stereocenters. The van der Waals surface area contributed by atoms with E-state index in [4.69, 9.17) is 21.1 Å². The zero-order valence-corrected chi connectivity index (χ0v) is 20.1. The van der Waals surface area contributed by atoms with Gasteiger partial charge in [-0.3, -0.25) is 4.79 Å². The molecule has 3 aromatic rings. The fourth-order valence-corrected chi connectivity index (χ4v) is 3.72. The van der Waals surface area contributed by atoms with Crippen LogP contribution in [0.4, 0.5) is 0 Å². The summed E-state index contributed by atoms with van der Waals surface area (Å²) in [5.74, 6) is 1.02. The average molecular weight is 549 g/mol. The van der Waals surface area contributed by atoms with Crippen molar-refractivity contribution >= 4 is 46.3 Å². The minimum absolute atomic E-state index is 0.261. The minimum Gasteiger partial charge on any atom is -0.490 e. The highest BCUT2D eigenvalue weighted by Crippen LogP contribution is 2.34. The molecule has 0 spiro atoms. The topological polar surface area (TPSA) is 59.9 Å². The summed E-state index contributed by atoms with van der Waals surface area (Å²) in [7, 11) is 0. The number of nitrogens with zero attached hydrogens (tertiary/aromatic N) is 1. The first kappa shape index (κ1) is 23.1. The molecule has 3 rings (SSSR count). The third-order valence-electron chi connectivity index (χ3n) is 4.29. The summed E-state index contributed by atoms with van der Waals surface area (Å²) < 4.78 is 12.7. The van der Waals surface area contributed by atoms with Gasteiger partial charge in [-0.15, -0.1) is 0 Å². The predicted octanol–water partition coefficient (Wildman–Crippen LogP) is 5.99. The highest BCUT2D eigenvalue weighted by Gasteiger charge is 2.12. The molecule has 3 aromatic carbocycles. The van der Waals surface area contributed by atoms with Crippen LogP contribution in [0.2, 0.25) is 5.02 Å². The number of rotatable bonds is 8. The second-order valence-electron chi connectivity index (χ2n) is 6.75. The van der Waals surface area contributed by atoms with E-state index in [1.54, 1.807) is 12.3 Å². The molecular weight excluding hydrogens is 527 g/mol. The molecule has 0 aliphatic carbocycles. The van der Waals surface area contributed by atoms with Gasteiger partial charge in [-0.05, 0) is 84.0 Å². The maximum absolute atomic E-state index is 12.2. The van der Waals surface area contributed by atoms with Crippen molar-refractivity contribution in [2.45, 2.75) is 20.5 Å². The van der Waals surface area contributed by atoms with E-state index in [0.717, 1.165) is 20.3 Å². The van der Waals surface area contributed by atoms with Gasteiger partial charge in [-0.1, -0.05) is 41.4 Å². The van der Waals surface area contributed by atoms with Crippen LogP contribution in [0.1, 0.15) is 34.0 Å². The van der Waals surface area contributed by atoms with Gasteiger partial charge in [0.1, 0.15) is 6.61 Å². The lowest BCUT2D eigenvalue weighted by atomic mass is 10.1. The van der Waals surface area contributed by atoms with Crippen molar-refractivity contribution in [3.63, 3.8) is 0 Å². The number of hydrazone groups is 1. The van der Waals surface area contributed by atoms with E-state index < -0.39 is 0 Å². The van der Waals surface area contributed by atoms with E-state index in [2.05, 4.69) is 33.1 Å². The summed E-state index contributed by atoms with van der Waals surface area (Å²) in [6.45, 7) is 4.75. The summed E-state index contributed by atoms with van der Waals surface area (Å²) in [4.78, 5) is 12.2. The number of ether oxygens (including phenoxy) is 2. The normalized spacial score (nSPS) is 10.8. The Bertz CT molecular complexity index is 1080. The van der Waals surface area contributed by atoms with Gasteiger partial charge >= 0.3 is 0 Å². The van der Waals surface area contributed by atoms with Crippen molar-refractivity contribution in [3.8, 4) is 11.5 Å². The summed E-state index contributed by atoms with van der Waals surface area (Å²) in [6, 6.07) is 18.6. The molecule has 160 valence electrons. The Labute approximate surface area is 200 Å². The van der Waals surface area contributed by atoms with Gasteiger partial charge in [-0.2, -0.15) is 5.10 Å². The van der Waals surface area contributed by atoms with Crippen molar-refractivity contribution in [2.75, 3.05) is 6.61 Å². The predicted molar refractivity (Wildman–Crippen MR) is 132 cm³/mol. The van der Waals surface area contributed by atoms with Crippen LogP contribution in [0.15, 0.2) is 65.8 Å². The Morgan fingerprint density at radius 3 is 2.61 bits per heavy atom. The molecule has 0 aromatic heterocycles.